The van der Waals surface area contributed by atoms with Gasteiger partial charge in [-0.25, -0.2) is 13.2 Å². The molecule has 1 saturated heterocycles. The van der Waals surface area contributed by atoms with Crippen molar-refractivity contribution in [2.24, 2.45) is 0 Å². The Morgan fingerprint density at radius 3 is 2.64 bits per heavy atom. The van der Waals surface area contributed by atoms with Gasteiger partial charge in [-0.1, -0.05) is 30.3 Å². The maximum absolute atomic E-state index is 14.4. The lowest BCUT2D eigenvalue weighted by Crippen LogP contribution is -2.42. The van der Waals surface area contributed by atoms with Gasteiger partial charge in [0.15, 0.2) is 17.5 Å². The van der Waals surface area contributed by atoms with E-state index in [9.17, 15) is 13.2 Å². The minimum atomic E-state index is -1.49. The van der Waals surface area contributed by atoms with E-state index in [1.807, 2.05) is 30.3 Å². The molecule has 134 valence electrons. The van der Waals surface area contributed by atoms with Crippen LogP contribution < -0.4 is 15.4 Å². The van der Waals surface area contributed by atoms with E-state index in [2.05, 4.69) is 10.6 Å². The van der Waals surface area contributed by atoms with Gasteiger partial charge in [0, 0.05) is 12.1 Å². The van der Waals surface area contributed by atoms with Crippen LogP contribution in [0.15, 0.2) is 36.4 Å². The minimum Gasteiger partial charge on any atom is -0.491 e. The summed E-state index contributed by atoms with van der Waals surface area (Å²) in [6, 6.07) is 10.4. The van der Waals surface area contributed by atoms with E-state index < -0.39 is 17.5 Å². The third kappa shape index (κ3) is 3.74. The fourth-order valence-corrected chi connectivity index (χ4v) is 3.22. The van der Waals surface area contributed by atoms with Gasteiger partial charge in [0.2, 0.25) is 0 Å². The van der Waals surface area contributed by atoms with Crippen molar-refractivity contribution >= 4 is 5.69 Å². The van der Waals surface area contributed by atoms with E-state index >= 15 is 0 Å². The molecule has 0 spiro atoms. The van der Waals surface area contributed by atoms with Crippen molar-refractivity contribution < 1.29 is 17.9 Å². The highest BCUT2D eigenvalue weighted by Gasteiger charge is 2.29. The Labute approximate surface area is 145 Å². The van der Waals surface area contributed by atoms with Crippen molar-refractivity contribution in [2.75, 3.05) is 18.5 Å². The van der Waals surface area contributed by atoms with Crippen LogP contribution in [0.5, 0.6) is 5.75 Å². The van der Waals surface area contributed by atoms with E-state index in [0.717, 1.165) is 31.0 Å². The second-order valence-electron chi connectivity index (χ2n) is 6.03. The number of hydrogen-bond donors (Lipinski definition) is 2. The first-order valence-electron chi connectivity index (χ1n) is 8.47. The predicted octanol–water partition coefficient (Wildman–Crippen LogP) is 4.41. The van der Waals surface area contributed by atoms with Gasteiger partial charge in [-0.2, -0.15) is 0 Å². The molecule has 1 aliphatic heterocycles. The standard InChI is InChI=1S/C19H21F3N2O/c1-2-25-15-11-13(20)16(21)17(22)19(15)24-14-9-6-10-23-18(14)12-7-4-3-5-8-12/h3-5,7-8,11,14,18,23-24H,2,6,9-10H2,1H3/t14-,18-/m0/s1. The van der Waals surface area contributed by atoms with Gasteiger partial charge in [-0.3, -0.25) is 0 Å². The van der Waals surface area contributed by atoms with Crippen LogP contribution in [0.4, 0.5) is 18.9 Å². The summed E-state index contributed by atoms with van der Waals surface area (Å²) in [5, 5.41) is 6.46. The molecule has 0 aromatic heterocycles. The Morgan fingerprint density at radius 1 is 1.16 bits per heavy atom. The number of piperidine rings is 1. The first-order chi connectivity index (χ1) is 12.1. The fourth-order valence-electron chi connectivity index (χ4n) is 3.22. The SMILES string of the molecule is CCOc1cc(F)c(F)c(F)c1N[C@H]1CCCN[C@H]1c1ccccc1. The number of hydrogen-bond acceptors (Lipinski definition) is 3. The first-order valence-corrected chi connectivity index (χ1v) is 8.47. The second kappa shape index (κ2) is 7.78. The molecular formula is C19H21F3N2O. The second-order valence-corrected chi connectivity index (χ2v) is 6.03. The molecule has 0 radical (unpaired) electrons. The molecule has 1 heterocycles. The summed E-state index contributed by atoms with van der Waals surface area (Å²) in [5.41, 5.74) is 0.927. The lowest BCUT2D eigenvalue weighted by atomic mass is 9.92. The zero-order chi connectivity index (χ0) is 17.8. The van der Waals surface area contributed by atoms with E-state index in [1.54, 1.807) is 6.92 Å². The van der Waals surface area contributed by atoms with Crippen LogP contribution in [0.1, 0.15) is 31.4 Å². The highest BCUT2D eigenvalue weighted by molar-refractivity contribution is 5.59. The van der Waals surface area contributed by atoms with Crippen molar-refractivity contribution in [1.82, 2.24) is 5.32 Å². The molecule has 0 saturated carbocycles. The van der Waals surface area contributed by atoms with Crippen LogP contribution in [-0.4, -0.2) is 19.2 Å². The van der Waals surface area contributed by atoms with Crippen molar-refractivity contribution in [3.63, 3.8) is 0 Å². The van der Waals surface area contributed by atoms with Crippen LogP contribution in [0, 0.1) is 17.5 Å². The van der Waals surface area contributed by atoms with E-state index in [-0.39, 0.29) is 30.1 Å². The summed E-state index contributed by atoms with van der Waals surface area (Å²) in [6.45, 7) is 2.78. The molecule has 1 fully saturated rings. The summed E-state index contributed by atoms with van der Waals surface area (Å²) in [4.78, 5) is 0. The Morgan fingerprint density at radius 2 is 1.92 bits per heavy atom. The van der Waals surface area contributed by atoms with Gasteiger partial charge < -0.3 is 15.4 Å². The predicted molar refractivity (Wildman–Crippen MR) is 91.3 cm³/mol. The minimum absolute atomic E-state index is 0.0173. The molecule has 1 aliphatic rings. The topological polar surface area (TPSA) is 33.3 Å². The number of halogens is 3. The van der Waals surface area contributed by atoms with Crippen LogP contribution in [-0.2, 0) is 0 Å². The van der Waals surface area contributed by atoms with E-state index in [0.29, 0.717) is 0 Å². The van der Waals surface area contributed by atoms with Crippen molar-refractivity contribution in [3.05, 3.63) is 59.4 Å². The Bertz CT molecular complexity index is 724. The molecule has 2 N–H and O–H groups in total. The Balaban J connectivity index is 1.93. The molecule has 2 atom stereocenters. The third-order valence-electron chi connectivity index (χ3n) is 4.37. The quantitative estimate of drug-likeness (QED) is 0.784. The normalized spacial score (nSPS) is 20.3. The summed E-state index contributed by atoms with van der Waals surface area (Å²) < 4.78 is 46.9. The Hall–Kier alpha value is -2.21. The molecule has 3 nitrogen and oxygen atoms in total. The molecule has 6 heteroatoms. The third-order valence-corrected chi connectivity index (χ3v) is 4.37. The molecule has 25 heavy (non-hydrogen) atoms. The van der Waals surface area contributed by atoms with Crippen LogP contribution in [0.25, 0.3) is 0 Å². The summed E-state index contributed by atoms with van der Waals surface area (Å²) in [7, 11) is 0. The zero-order valence-electron chi connectivity index (χ0n) is 14.0. The molecule has 0 amide bonds. The Kier molecular flexibility index (Phi) is 5.48. The van der Waals surface area contributed by atoms with Gasteiger partial charge in [0.05, 0.1) is 12.6 Å². The number of nitrogens with one attached hydrogen (secondary N) is 2. The average Bonchev–Trinajstić information content (AvgIpc) is 2.64. The van der Waals surface area contributed by atoms with Crippen molar-refractivity contribution in [3.8, 4) is 5.75 Å². The number of ether oxygens (including phenoxy) is 1. The zero-order valence-corrected chi connectivity index (χ0v) is 14.0. The van der Waals surface area contributed by atoms with Crippen molar-refractivity contribution in [2.45, 2.75) is 31.8 Å². The fraction of sp³-hybridized carbons (Fsp3) is 0.368. The molecule has 0 aliphatic carbocycles. The smallest absolute Gasteiger partial charge is 0.196 e. The summed E-state index contributed by atoms with van der Waals surface area (Å²) in [6.07, 6.45) is 1.67. The highest BCUT2D eigenvalue weighted by Crippen LogP contribution is 2.35. The maximum Gasteiger partial charge on any atom is 0.196 e. The van der Waals surface area contributed by atoms with E-state index in [1.165, 1.54) is 0 Å². The van der Waals surface area contributed by atoms with Gasteiger partial charge in [-0.05, 0) is 31.9 Å². The molecule has 2 aromatic rings. The van der Waals surface area contributed by atoms with Gasteiger partial charge in [0.25, 0.3) is 0 Å². The van der Waals surface area contributed by atoms with E-state index in [4.69, 9.17) is 4.74 Å². The molecule has 0 unspecified atom stereocenters. The number of anilines is 1. The number of rotatable bonds is 5. The van der Waals surface area contributed by atoms with Crippen LogP contribution >= 0.6 is 0 Å². The summed E-state index contributed by atoms with van der Waals surface area (Å²) in [5.74, 6) is -4.02. The largest absolute Gasteiger partial charge is 0.491 e. The molecule has 0 bridgehead atoms. The maximum atomic E-state index is 14.4. The van der Waals surface area contributed by atoms with Crippen LogP contribution in [0.3, 0.4) is 0 Å². The highest BCUT2D eigenvalue weighted by atomic mass is 19.2. The van der Waals surface area contributed by atoms with Gasteiger partial charge in [0.1, 0.15) is 11.4 Å². The lowest BCUT2D eigenvalue weighted by Gasteiger charge is -2.34. The van der Waals surface area contributed by atoms with Gasteiger partial charge >= 0.3 is 0 Å². The molecular weight excluding hydrogens is 329 g/mol. The van der Waals surface area contributed by atoms with Gasteiger partial charge in [-0.15, -0.1) is 0 Å². The van der Waals surface area contributed by atoms with Crippen molar-refractivity contribution in [1.29, 1.82) is 0 Å². The molecule has 2 aromatic carbocycles. The average molecular weight is 350 g/mol. The summed E-state index contributed by atoms with van der Waals surface area (Å²) >= 11 is 0. The van der Waals surface area contributed by atoms with Crippen LogP contribution in [0.2, 0.25) is 0 Å². The monoisotopic (exact) mass is 350 g/mol. The number of benzene rings is 2. The lowest BCUT2D eigenvalue weighted by molar-refractivity contribution is 0.329. The first kappa shape index (κ1) is 17.6. The molecule has 3 rings (SSSR count).